The molecule has 2 N–H and O–H groups in total. The van der Waals surface area contributed by atoms with Crippen LogP contribution in [0.2, 0.25) is 5.02 Å². The molecule has 0 fully saturated rings. The van der Waals surface area contributed by atoms with Crippen LogP contribution >= 0.6 is 11.6 Å². The van der Waals surface area contributed by atoms with Crippen molar-refractivity contribution in [1.82, 2.24) is 10.2 Å². The zero-order valence-corrected chi connectivity index (χ0v) is 20.8. The van der Waals surface area contributed by atoms with E-state index in [0.717, 1.165) is 51.8 Å². The van der Waals surface area contributed by atoms with Crippen molar-refractivity contribution in [3.63, 3.8) is 0 Å². The number of carbonyl (C=O) groups is 1. The second-order valence-corrected chi connectivity index (χ2v) is 9.02. The van der Waals surface area contributed by atoms with Crippen LogP contribution in [0.15, 0.2) is 66.9 Å². The summed E-state index contributed by atoms with van der Waals surface area (Å²) in [5.41, 5.74) is 5.16. The number of aromatic amines is 1. The van der Waals surface area contributed by atoms with Gasteiger partial charge in [-0.1, -0.05) is 42.8 Å². The number of carboxylic acid groups (broad SMARTS) is 1. The van der Waals surface area contributed by atoms with Gasteiger partial charge in [-0.05, 0) is 84.4 Å². The average molecular weight is 507 g/mol. The van der Waals surface area contributed by atoms with Gasteiger partial charge in [-0.25, -0.2) is 4.39 Å². The fourth-order valence-corrected chi connectivity index (χ4v) is 4.47. The predicted octanol–water partition coefficient (Wildman–Crippen LogP) is 7.75. The van der Waals surface area contributed by atoms with Gasteiger partial charge in [0.2, 0.25) is 0 Å². The first-order valence-electron chi connectivity index (χ1n) is 12.0. The number of nitrogens with one attached hydrogen (secondary N) is 1. The zero-order valence-electron chi connectivity index (χ0n) is 20.1. The Hall–Kier alpha value is -3.64. The number of allylic oxidation sites excluding steroid dienone is 1. The van der Waals surface area contributed by atoms with E-state index < -0.39 is 5.97 Å². The van der Waals surface area contributed by atoms with Crippen molar-refractivity contribution >= 4 is 39.6 Å². The summed E-state index contributed by atoms with van der Waals surface area (Å²) in [4.78, 5) is 10.6. The molecule has 5 nitrogen and oxygen atoms in total. The van der Waals surface area contributed by atoms with Crippen molar-refractivity contribution in [3.05, 3.63) is 94.4 Å². The minimum atomic E-state index is -0.771. The molecule has 3 aromatic carbocycles. The van der Waals surface area contributed by atoms with Gasteiger partial charge in [0.05, 0.1) is 18.3 Å². The van der Waals surface area contributed by atoms with E-state index in [4.69, 9.17) is 21.4 Å². The molecular formula is C29H28ClFN2O3. The number of aromatic nitrogens is 2. The van der Waals surface area contributed by atoms with Gasteiger partial charge in [0.25, 0.3) is 0 Å². The molecule has 1 aromatic heterocycles. The number of H-pyrrole nitrogens is 1. The molecule has 36 heavy (non-hydrogen) atoms. The Labute approximate surface area is 214 Å². The highest BCUT2D eigenvalue weighted by Crippen LogP contribution is 2.37. The zero-order chi connectivity index (χ0) is 25.5. The number of benzene rings is 3. The van der Waals surface area contributed by atoms with Crippen LogP contribution in [0.1, 0.15) is 55.7 Å². The Morgan fingerprint density at radius 2 is 1.81 bits per heavy atom. The third-order valence-corrected chi connectivity index (χ3v) is 6.32. The second kappa shape index (κ2) is 11.9. The van der Waals surface area contributed by atoms with Crippen molar-refractivity contribution < 1.29 is 19.0 Å². The second-order valence-electron chi connectivity index (χ2n) is 8.58. The fraction of sp³-hybridized carbons (Fsp3) is 0.241. The molecule has 0 unspecified atom stereocenters. The van der Waals surface area contributed by atoms with Gasteiger partial charge in [-0.2, -0.15) is 5.10 Å². The maximum atomic E-state index is 15.0. The van der Waals surface area contributed by atoms with Crippen LogP contribution < -0.4 is 4.74 Å². The Balaban J connectivity index is 1.66. The van der Waals surface area contributed by atoms with E-state index in [9.17, 15) is 4.79 Å². The first-order valence-corrected chi connectivity index (χ1v) is 12.4. The third kappa shape index (κ3) is 6.13. The standard InChI is InChI=1S/C29H28ClFN2O3/c1-2-24(25-13-10-22(30)17-26(25)31)29(20-9-14-27-21(16-20)18-32-33-27)19-7-11-23(12-8-19)36-15-5-3-4-6-28(34)35/h7-14,16-18H,2-6,15H2,1H3,(H,32,33)(H,34,35). The summed E-state index contributed by atoms with van der Waals surface area (Å²) in [5, 5.41) is 17.2. The average Bonchev–Trinajstić information content (AvgIpc) is 3.33. The molecule has 0 amide bonds. The lowest BCUT2D eigenvalue weighted by Gasteiger charge is -2.17. The van der Waals surface area contributed by atoms with E-state index in [1.54, 1.807) is 18.3 Å². The van der Waals surface area contributed by atoms with Crippen LogP contribution in [0.25, 0.3) is 22.0 Å². The number of carboxylic acids is 1. The Kier molecular flexibility index (Phi) is 8.39. The van der Waals surface area contributed by atoms with Gasteiger partial charge >= 0.3 is 5.97 Å². The van der Waals surface area contributed by atoms with E-state index in [2.05, 4.69) is 16.3 Å². The monoisotopic (exact) mass is 506 g/mol. The number of hydrogen-bond donors (Lipinski definition) is 2. The summed E-state index contributed by atoms with van der Waals surface area (Å²) in [6.07, 6.45) is 4.82. The highest BCUT2D eigenvalue weighted by Gasteiger charge is 2.17. The molecule has 0 aliphatic carbocycles. The van der Waals surface area contributed by atoms with Gasteiger partial charge in [0.15, 0.2) is 0 Å². The molecule has 4 aromatic rings. The minimum Gasteiger partial charge on any atom is -0.494 e. The topological polar surface area (TPSA) is 75.2 Å². The van der Waals surface area contributed by atoms with Crippen LogP contribution in [0, 0.1) is 5.82 Å². The van der Waals surface area contributed by atoms with Gasteiger partial charge in [-0.15, -0.1) is 0 Å². The molecule has 0 bridgehead atoms. The number of fused-ring (bicyclic) bond motifs is 1. The quantitative estimate of drug-likeness (QED) is 0.161. The van der Waals surface area contributed by atoms with Crippen molar-refractivity contribution in [2.75, 3.05) is 6.61 Å². The molecule has 0 aliphatic rings. The molecule has 1 heterocycles. The Morgan fingerprint density at radius 1 is 1.03 bits per heavy atom. The van der Waals surface area contributed by atoms with Crippen LogP contribution in [0.3, 0.4) is 0 Å². The lowest BCUT2D eigenvalue weighted by atomic mass is 9.87. The first-order chi connectivity index (χ1) is 17.5. The highest BCUT2D eigenvalue weighted by molar-refractivity contribution is 6.30. The number of halogens is 2. The summed E-state index contributed by atoms with van der Waals surface area (Å²) in [5.74, 6) is -0.395. The molecule has 0 aliphatic heterocycles. The molecule has 0 saturated carbocycles. The van der Waals surface area contributed by atoms with Gasteiger partial charge in [-0.3, -0.25) is 9.89 Å². The molecule has 0 saturated heterocycles. The predicted molar refractivity (Wildman–Crippen MR) is 142 cm³/mol. The van der Waals surface area contributed by atoms with Crippen LogP contribution in [-0.2, 0) is 4.79 Å². The molecule has 4 rings (SSSR count). The lowest BCUT2D eigenvalue weighted by Crippen LogP contribution is -2.00. The van der Waals surface area contributed by atoms with E-state index >= 15 is 4.39 Å². The fourth-order valence-electron chi connectivity index (χ4n) is 4.31. The number of unbranched alkanes of at least 4 members (excludes halogenated alkanes) is 2. The Bertz CT molecular complexity index is 1380. The minimum absolute atomic E-state index is 0.183. The third-order valence-electron chi connectivity index (χ3n) is 6.09. The van der Waals surface area contributed by atoms with Crippen LogP contribution in [0.5, 0.6) is 5.75 Å². The van der Waals surface area contributed by atoms with E-state index in [1.165, 1.54) is 6.07 Å². The molecule has 0 radical (unpaired) electrons. The van der Waals surface area contributed by atoms with E-state index in [0.29, 0.717) is 30.0 Å². The van der Waals surface area contributed by atoms with Crippen LogP contribution in [0.4, 0.5) is 4.39 Å². The number of hydrogen-bond acceptors (Lipinski definition) is 3. The van der Waals surface area contributed by atoms with Crippen molar-refractivity contribution in [3.8, 4) is 5.75 Å². The number of rotatable bonds is 11. The number of nitrogens with zero attached hydrogens (tertiary/aromatic N) is 1. The van der Waals surface area contributed by atoms with Crippen molar-refractivity contribution in [1.29, 1.82) is 0 Å². The van der Waals surface area contributed by atoms with Gasteiger partial charge < -0.3 is 9.84 Å². The molecule has 186 valence electrons. The smallest absolute Gasteiger partial charge is 0.303 e. The molecule has 0 spiro atoms. The Morgan fingerprint density at radius 3 is 2.53 bits per heavy atom. The summed E-state index contributed by atoms with van der Waals surface area (Å²) in [7, 11) is 0. The molecular weight excluding hydrogens is 479 g/mol. The largest absolute Gasteiger partial charge is 0.494 e. The summed E-state index contributed by atoms with van der Waals surface area (Å²) < 4.78 is 20.9. The maximum Gasteiger partial charge on any atom is 0.303 e. The number of ether oxygens (including phenoxy) is 1. The first kappa shape index (κ1) is 25.5. The molecule has 0 atom stereocenters. The van der Waals surface area contributed by atoms with Crippen molar-refractivity contribution in [2.24, 2.45) is 0 Å². The summed E-state index contributed by atoms with van der Waals surface area (Å²) in [6.45, 7) is 2.54. The van der Waals surface area contributed by atoms with Crippen LogP contribution in [-0.4, -0.2) is 27.9 Å². The van der Waals surface area contributed by atoms with Gasteiger partial charge in [0.1, 0.15) is 11.6 Å². The summed E-state index contributed by atoms with van der Waals surface area (Å²) in [6, 6.07) is 18.6. The molecule has 7 heteroatoms. The summed E-state index contributed by atoms with van der Waals surface area (Å²) >= 11 is 6.03. The highest BCUT2D eigenvalue weighted by atomic mass is 35.5. The number of aliphatic carboxylic acids is 1. The lowest BCUT2D eigenvalue weighted by molar-refractivity contribution is -0.137. The maximum absolute atomic E-state index is 15.0. The van der Waals surface area contributed by atoms with E-state index in [-0.39, 0.29) is 12.2 Å². The SMILES string of the molecule is CCC(=C(c1ccc(OCCCCCC(=O)O)cc1)c1ccc2[nH]ncc2c1)c1ccc(Cl)cc1F. The van der Waals surface area contributed by atoms with E-state index in [1.807, 2.05) is 43.3 Å². The van der Waals surface area contributed by atoms with Gasteiger partial charge in [0, 0.05) is 22.4 Å². The van der Waals surface area contributed by atoms with Crippen molar-refractivity contribution in [2.45, 2.75) is 39.0 Å². The normalized spacial score (nSPS) is 12.0.